The van der Waals surface area contributed by atoms with Crippen LogP contribution >= 0.6 is 0 Å². The molecule has 1 rings (SSSR count). The summed E-state index contributed by atoms with van der Waals surface area (Å²) in [6.07, 6.45) is 0. The fourth-order valence-electron chi connectivity index (χ4n) is 1.47. The molecule has 0 saturated heterocycles. The molecule has 0 heterocycles. The van der Waals surface area contributed by atoms with Gasteiger partial charge >= 0.3 is 90.6 Å². The van der Waals surface area contributed by atoms with Crippen LogP contribution in [-0.2, 0) is 18.9 Å². The van der Waals surface area contributed by atoms with E-state index < -0.39 is 11.9 Å². The molecule has 0 fully saturated rings. The number of benzene rings is 1. The molecule has 6 nitrogen and oxygen atoms in total. The first-order valence-electron chi connectivity index (χ1n) is 5.94. The van der Waals surface area contributed by atoms with E-state index in [0.29, 0.717) is 5.56 Å². The van der Waals surface area contributed by atoms with Crippen LogP contribution in [-0.4, -0.2) is 76.8 Å². The molecule has 0 aliphatic carbocycles. The van der Waals surface area contributed by atoms with Crippen molar-refractivity contribution in [2.45, 2.75) is 9.33 Å². The molecule has 1 atom stereocenters. The number of carbonyl (C=O) groups is 1. The Morgan fingerprint density at radius 2 is 1.55 bits per heavy atom. The quantitative estimate of drug-likeness (QED) is 0.625. The molecular formula is C13H19NaO6. The van der Waals surface area contributed by atoms with Crippen LogP contribution in [0.3, 0.4) is 0 Å². The number of carboxylic acid groups (broad SMARTS) is 1. The van der Waals surface area contributed by atoms with Crippen LogP contribution in [0.5, 0.6) is 0 Å². The van der Waals surface area contributed by atoms with E-state index in [-0.39, 0.29) is 3.35 Å². The van der Waals surface area contributed by atoms with Crippen molar-refractivity contribution in [1.29, 1.82) is 0 Å². The Bertz CT molecular complexity index is 371. The average molecular weight is 294 g/mol. The Balaban J connectivity index is 0.000000367. The number of rotatable bonds is 6. The summed E-state index contributed by atoms with van der Waals surface area (Å²) in [4.78, 5) is 10.2. The molecule has 108 valence electrons. The molecule has 1 unspecified atom stereocenters. The summed E-state index contributed by atoms with van der Waals surface area (Å²) in [6, 6.07) is 8.30. The topological polar surface area (TPSA) is 74.2 Å². The van der Waals surface area contributed by atoms with Crippen LogP contribution in [0.1, 0.15) is 10.4 Å². The summed E-state index contributed by atoms with van der Waals surface area (Å²) >= 11 is 0.779. The molecular weight excluding hydrogens is 275 g/mol. The number of aromatic carboxylic acids is 1. The largest absolute Gasteiger partial charge is 0.478 e. The Hall–Kier alpha value is -0.470. The minimum atomic E-state index is -1.03. The Morgan fingerprint density at radius 3 is 1.75 bits per heavy atom. The average Bonchev–Trinajstić information content (AvgIpc) is 2.50. The molecule has 0 spiro atoms. The summed E-state index contributed by atoms with van der Waals surface area (Å²) in [5, 5.41) is 8.38. The van der Waals surface area contributed by atoms with Crippen molar-refractivity contribution < 1.29 is 28.8 Å². The smallest absolute Gasteiger partial charge is 0.335 e. The van der Waals surface area contributed by atoms with E-state index in [0.717, 1.165) is 27.9 Å². The third kappa shape index (κ3) is 5.88. The van der Waals surface area contributed by atoms with Gasteiger partial charge in [0, 0.05) is 0 Å². The number of hydrogen-bond donors (Lipinski definition) is 1. The number of carboxylic acids is 1. The van der Waals surface area contributed by atoms with Crippen LogP contribution < -0.4 is 0 Å². The predicted molar refractivity (Wildman–Crippen MR) is 73.7 cm³/mol. The second-order valence-corrected chi connectivity index (χ2v) is 4.81. The monoisotopic (exact) mass is 294 g/mol. The molecule has 0 aliphatic heterocycles. The molecule has 1 N–H and O–H groups in total. The van der Waals surface area contributed by atoms with E-state index >= 15 is 0 Å². The first kappa shape index (κ1) is 19.5. The van der Waals surface area contributed by atoms with Crippen LogP contribution in [0, 0.1) is 0 Å². The fourth-order valence-corrected chi connectivity index (χ4v) is 2.18. The summed E-state index contributed by atoms with van der Waals surface area (Å²) in [5.41, 5.74) is 0.331. The van der Waals surface area contributed by atoms with E-state index in [4.69, 9.17) is 24.1 Å². The van der Waals surface area contributed by atoms with E-state index in [1.54, 1.807) is 37.4 Å². The minimum Gasteiger partial charge on any atom is -0.478 e. The van der Waals surface area contributed by atoms with Gasteiger partial charge in [-0.2, -0.15) is 0 Å². The van der Waals surface area contributed by atoms with Crippen molar-refractivity contribution in [2.24, 2.45) is 0 Å². The van der Waals surface area contributed by atoms with Crippen molar-refractivity contribution >= 4 is 33.9 Å². The zero-order valence-corrected chi connectivity index (χ0v) is 14.5. The third-order valence-corrected chi connectivity index (χ3v) is 3.90. The van der Waals surface area contributed by atoms with Gasteiger partial charge in [-0.25, -0.2) is 4.79 Å². The van der Waals surface area contributed by atoms with Gasteiger partial charge in [0.25, 0.3) is 0 Å². The summed E-state index contributed by atoms with van der Waals surface area (Å²) in [6.45, 7) is 0. The van der Waals surface area contributed by atoms with E-state index in [2.05, 4.69) is 0 Å². The van der Waals surface area contributed by atoms with Crippen LogP contribution in [0.15, 0.2) is 30.3 Å². The van der Waals surface area contributed by atoms with Gasteiger partial charge in [-0.05, 0) is 12.1 Å². The zero-order chi connectivity index (χ0) is 15.6. The third-order valence-electron chi connectivity index (χ3n) is 2.73. The first-order valence-corrected chi connectivity index (χ1v) is 7.09. The summed E-state index contributed by atoms with van der Waals surface area (Å²) in [7, 11) is 6.17. The fraction of sp³-hybridized carbons (Fsp3) is 0.462. The minimum absolute atomic E-state index is 0.137. The van der Waals surface area contributed by atoms with Crippen molar-refractivity contribution in [1.82, 2.24) is 0 Å². The molecule has 0 saturated carbocycles. The van der Waals surface area contributed by atoms with Gasteiger partial charge in [0.15, 0.2) is 0 Å². The molecule has 0 aromatic heterocycles. The molecule has 0 aliphatic rings. The van der Waals surface area contributed by atoms with Crippen molar-refractivity contribution in [3.05, 3.63) is 35.9 Å². The van der Waals surface area contributed by atoms with Crippen LogP contribution in [0.25, 0.3) is 0 Å². The van der Waals surface area contributed by atoms with Gasteiger partial charge in [-0.3, -0.25) is 0 Å². The van der Waals surface area contributed by atoms with Gasteiger partial charge in [-0.1, -0.05) is 18.2 Å². The molecule has 20 heavy (non-hydrogen) atoms. The molecule has 0 radical (unpaired) electrons. The van der Waals surface area contributed by atoms with Crippen LogP contribution in [0.2, 0.25) is 0 Å². The van der Waals surface area contributed by atoms with Gasteiger partial charge in [0.05, 0.1) is 5.56 Å². The Labute approximate surface area is 136 Å². The normalized spacial score (nSPS) is 12.3. The van der Waals surface area contributed by atoms with Crippen molar-refractivity contribution in [2.75, 3.05) is 28.4 Å². The van der Waals surface area contributed by atoms with Gasteiger partial charge < -0.3 is 5.11 Å². The van der Waals surface area contributed by atoms with E-state index in [1.807, 2.05) is 0 Å². The van der Waals surface area contributed by atoms with Gasteiger partial charge in [-0.15, -0.1) is 0 Å². The molecule has 1 aromatic rings. The van der Waals surface area contributed by atoms with E-state index in [9.17, 15) is 4.79 Å². The summed E-state index contributed by atoms with van der Waals surface area (Å²) in [5.74, 6) is -1.91. The SMILES string of the molecule is CO[CH]([Na])C(OC)(OC)OC.O=C(O)c1ccccc1. The molecule has 7 heteroatoms. The number of hydrogen-bond acceptors (Lipinski definition) is 5. The number of methoxy groups -OCH3 is 4. The predicted octanol–water partition coefficient (Wildman–Crippen LogP) is 1.11. The molecule has 0 bridgehead atoms. The molecule has 1 aromatic carbocycles. The first-order chi connectivity index (χ1) is 9.47. The van der Waals surface area contributed by atoms with Gasteiger partial charge in [0.1, 0.15) is 0 Å². The summed E-state index contributed by atoms with van der Waals surface area (Å²) < 4.78 is 20.1. The van der Waals surface area contributed by atoms with Crippen LogP contribution in [0.4, 0.5) is 0 Å². The Kier molecular flexibility index (Phi) is 10.0. The second kappa shape index (κ2) is 10.3. The maximum atomic E-state index is 10.2. The van der Waals surface area contributed by atoms with Gasteiger partial charge in [0.2, 0.25) is 0 Å². The van der Waals surface area contributed by atoms with Crippen molar-refractivity contribution in [3.63, 3.8) is 0 Å². The molecule has 0 amide bonds. The van der Waals surface area contributed by atoms with E-state index in [1.165, 1.54) is 21.3 Å². The zero-order valence-electron chi connectivity index (χ0n) is 12.5. The Morgan fingerprint density at radius 1 is 1.10 bits per heavy atom. The van der Waals surface area contributed by atoms with Crippen molar-refractivity contribution in [3.8, 4) is 0 Å². The number of ether oxygens (including phenoxy) is 4. The maximum Gasteiger partial charge on any atom is 0.335 e. The second-order valence-electron chi connectivity index (χ2n) is 3.77. The maximum absolute atomic E-state index is 10.2. The standard InChI is InChI=1S/C7H6O2.C6H13O4.Na/c8-7(9)6-4-2-1-3-5-6;1-7-5-6(8-2,9-3)10-4;/h1-5H,(H,8,9);5H,1-4H3;.